The average molecular weight is 535 g/mol. The van der Waals surface area contributed by atoms with Crippen LogP contribution >= 0.6 is 0 Å². The molecule has 0 saturated carbocycles. The predicted molar refractivity (Wildman–Crippen MR) is 142 cm³/mol. The van der Waals surface area contributed by atoms with Crippen LogP contribution in [-0.4, -0.2) is 46.6 Å². The van der Waals surface area contributed by atoms with Gasteiger partial charge in [0.25, 0.3) is 5.91 Å². The summed E-state index contributed by atoms with van der Waals surface area (Å²) in [6.45, 7) is 0.552. The van der Waals surface area contributed by atoms with Crippen LogP contribution in [-0.2, 0) is 16.0 Å². The molecule has 0 fully saturated rings. The Morgan fingerprint density at radius 3 is 2.13 bits per heavy atom. The van der Waals surface area contributed by atoms with Crippen molar-refractivity contribution in [1.29, 1.82) is 0 Å². The van der Waals surface area contributed by atoms with Crippen molar-refractivity contribution in [2.45, 2.75) is 38.3 Å². The maximum absolute atomic E-state index is 13.7. The second-order valence-corrected chi connectivity index (χ2v) is 8.86. The minimum atomic E-state index is -1.21. The van der Waals surface area contributed by atoms with Crippen LogP contribution in [0.1, 0.15) is 46.8 Å². The molecule has 0 aromatic heterocycles. The smallest absolute Gasteiger partial charge is 0.251 e. The second-order valence-electron chi connectivity index (χ2n) is 8.86. The highest BCUT2D eigenvalue weighted by molar-refractivity contribution is 5.98. The van der Waals surface area contributed by atoms with E-state index < -0.39 is 42.1 Å². The van der Waals surface area contributed by atoms with Crippen molar-refractivity contribution < 1.29 is 33.4 Å². The van der Waals surface area contributed by atoms with Crippen LogP contribution in [0.2, 0.25) is 0 Å². The Kier molecular flexibility index (Phi) is 10.4. The lowest BCUT2D eigenvalue weighted by molar-refractivity contribution is -0.126. The van der Waals surface area contributed by atoms with Gasteiger partial charge in [0.05, 0.1) is 6.10 Å². The van der Waals surface area contributed by atoms with E-state index in [1.54, 1.807) is 36.4 Å². The van der Waals surface area contributed by atoms with Gasteiger partial charge in [-0.2, -0.15) is 0 Å². The van der Waals surface area contributed by atoms with Crippen LogP contribution in [0.3, 0.4) is 0 Å². The third-order valence-electron chi connectivity index (χ3n) is 5.80. The standard InChI is InChI=1S/C30H28F2N2O5/c1-19(36)29(27(37)18-35)34-30(39)22-11-7-20(8-12-22)5-6-21-9-14-25(15-10-21)33-28(38)4-2-3-23-17-24(31)13-16-26(23)32/h7-17,19,29,35-36H,2-4,18H2,1H3,(H,33,38)(H,34,39)/t19-,29+/m1/s1. The molecule has 3 aromatic carbocycles. The van der Waals surface area contributed by atoms with Gasteiger partial charge in [-0.3, -0.25) is 14.4 Å². The number of amides is 2. The van der Waals surface area contributed by atoms with Gasteiger partial charge in [0.15, 0.2) is 5.78 Å². The monoisotopic (exact) mass is 534 g/mol. The lowest BCUT2D eigenvalue weighted by Crippen LogP contribution is -2.48. The number of benzene rings is 3. The lowest BCUT2D eigenvalue weighted by Gasteiger charge is -2.19. The van der Waals surface area contributed by atoms with Gasteiger partial charge in [-0.05, 0) is 92.1 Å². The van der Waals surface area contributed by atoms with Crippen LogP contribution < -0.4 is 10.6 Å². The van der Waals surface area contributed by atoms with Crippen LogP contribution in [0.5, 0.6) is 0 Å². The highest BCUT2D eigenvalue weighted by Gasteiger charge is 2.25. The van der Waals surface area contributed by atoms with E-state index in [0.717, 1.165) is 18.2 Å². The van der Waals surface area contributed by atoms with E-state index in [9.17, 15) is 28.3 Å². The van der Waals surface area contributed by atoms with E-state index in [4.69, 9.17) is 5.11 Å². The van der Waals surface area contributed by atoms with Gasteiger partial charge in [-0.15, -0.1) is 0 Å². The maximum Gasteiger partial charge on any atom is 0.251 e. The van der Waals surface area contributed by atoms with Gasteiger partial charge in [0.1, 0.15) is 24.3 Å². The fraction of sp³-hybridized carbons (Fsp3) is 0.233. The van der Waals surface area contributed by atoms with Crippen LogP contribution in [0.4, 0.5) is 14.5 Å². The summed E-state index contributed by atoms with van der Waals surface area (Å²) in [5, 5.41) is 23.8. The number of hydrogen-bond donors (Lipinski definition) is 4. The predicted octanol–water partition coefficient (Wildman–Crippen LogP) is 3.37. The van der Waals surface area contributed by atoms with E-state index in [-0.39, 0.29) is 29.9 Å². The SMILES string of the molecule is C[C@@H](O)[C@H](NC(=O)c1ccc(C#Cc2ccc(NC(=O)CCCc3cc(F)ccc3F)cc2)cc1)C(=O)CO. The number of aryl methyl sites for hydroxylation is 1. The molecule has 2 atom stereocenters. The second kappa shape index (κ2) is 14.0. The molecule has 9 heteroatoms. The first kappa shape index (κ1) is 29.2. The average Bonchev–Trinajstić information content (AvgIpc) is 2.92. The quantitative estimate of drug-likeness (QED) is 0.298. The van der Waals surface area contributed by atoms with Crippen molar-refractivity contribution in [2.24, 2.45) is 0 Å². The molecule has 7 nitrogen and oxygen atoms in total. The largest absolute Gasteiger partial charge is 0.391 e. The molecule has 0 unspecified atom stereocenters. The number of ketones is 1. The van der Waals surface area contributed by atoms with E-state index in [1.165, 1.54) is 19.1 Å². The minimum absolute atomic E-state index is 0.156. The number of carbonyl (C=O) groups excluding carboxylic acids is 3. The third-order valence-corrected chi connectivity index (χ3v) is 5.80. The Balaban J connectivity index is 1.51. The van der Waals surface area contributed by atoms with Gasteiger partial charge in [0.2, 0.25) is 5.91 Å². The Labute approximate surface area is 224 Å². The number of anilines is 1. The van der Waals surface area contributed by atoms with E-state index in [2.05, 4.69) is 22.5 Å². The molecule has 0 bridgehead atoms. The summed E-state index contributed by atoms with van der Waals surface area (Å²) in [7, 11) is 0. The number of Topliss-reactive ketones (excluding diaryl/α,β-unsaturated/α-hetero) is 1. The topological polar surface area (TPSA) is 116 Å². The molecule has 0 aliphatic carbocycles. The van der Waals surface area contributed by atoms with Crippen molar-refractivity contribution in [3.05, 3.63) is 101 Å². The Hall–Kier alpha value is -4.39. The summed E-state index contributed by atoms with van der Waals surface area (Å²) in [6, 6.07) is 15.3. The fourth-order valence-electron chi connectivity index (χ4n) is 3.68. The van der Waals surface area contributed by atoms with E-state index >= 15 is 0 Å². The molecule has 3 rings (SSSR count). The summed E-state index contributed by atoms with van der Waals surface area (Å²) in [4.78, 5) is 36.3. The summed E-state index contributed by atoms with van der Waals surface area (Å²) in [6.07, 6.45) is -0.375. The van der Waals surface area contributed by atoms with Crippen LogP contribution in [0.25, 0.3) is 0 Å². The zero-order valence-electron chi connectivity index (χ0n) is 21.2. The molecule has 0 saturated heterocycles. The lowest BCUT2D eigenvalue weighted by atomic mass is 10.1. The molecule has 0 heterocycles. The van der Waals surface area contributed by atoms with E-state index in [1.807, 2.05) is 0 Å². The third kappa shape index (κ3) is 8.85. The molecule has 0 aliphatic rings. The molecule has 2 amide bonds. The fourth-order valence-corrected chi connectivity index (χ4v) is 3.68. The molecular weight excluding hydrogens is 506 g/mol. The van der Waals surface area contributed by atoms with Crippen molar-refractivity contribution in [3.8, 4) is 11.8 Å². The Morgan fingerprint density at radius 1 is 0.923 bits per heavy atom. The van der Waals surface area contributed by atoms with Crippen molar-refractivity contribution in [1.82, 2.24) is 5.32 Å². The number of nitrogens with one attached hydrogen (secondary N) is 2. The molecule has 202 valence electrons. The summed E-state index contributed by atoms with van der Waals surface area (Å²) >= 11 is 0. The zero-order valence-corrected chi connectivity index (χ0v) is 21.2. The van der Waals surface area contributed by atoms with Crippen molar-refractivity contribution in [2.75, 3.05) is 11.9 Å². The van der Waals surface area contributed by atoms with Gasteiger partial charge in [0, 0.05) is 28.8 Å². The molecule has 0 spiro atoms. The number of aliphatic hydroxyl groups is 2. The summed E-state index contributed by atoms with van der Waals surface area (Å²) in [5.74, 6) is 3.45. The number of rotatable bonds is 10. The Bertz CT molecular complexity index is 1380. The normalized spacial score (nSPS) is 12.0. The van der Waals surface area contributed by atoms with Gasteiger partial charge in [-0.1, -0.05) is 11.8 Å². The van der Waals surface area contributed by atoms with Gasteiger partial charge >= 0.3 is 0 Å². The van der Waals surface area contributed by atoms with Gasteiger partial charge < -0.3 is 20.8 Å². The first-order valence-corrected chi connectivity index (χ1v) is 12.2. The minimum Gasteiger partial charge on any atom is -0.391 e. The summed E-state index contributed by atoms with van der Waals surface area (Å²) < 4.78 is 26.9. The Morgan fingerprint density at radius 2 is 1.54 bits per heavy atom. The van der Waals surface area contributed by atoms with Crippen LogP contribution in [0, 0.1) is 23.5 Å². The van der Waals surface area contributed by atoms with Crippen LogP contribution in [0.15, 0.2) is 66.7 Å². The first-order chi connectivity index (χ1) is 18.7. The van der Waals surface area contributed by atoms with Gasteiger partial charge in [-0.25, -0.2) is 8.78 Å². The molecule has 4 N–H and O–H groups in total. The maximum atomic E-state index is 13.7. The number of carbonyl (C=O) groups is 3. The summed E-state index contributed by atoms with van der Waals surface area (Å²) in [5.41, 5.74) is 2.41. The van der Waals surface area contributed by atoms with Crippen molar-refractivity contribution >= 4 is 23.3 Å². The molecule has 3 aromatic rings. The highest BCUT2D eigenvalue weighted by Crippen LogP contribution is 2.14. The number of aliphatic hydroxyl groups excluding tert-OH is 2. The first-order valence-electron chi connectivity index (χ1n) is 12.2. The zero-order chi connectivity index (χ0) is 28.4. The molecule has 0 radical (unpaired) electrons. The highest BCUT2D eigenvalue weighted by atomic mass is 19.1. The molecule has 39 heavy (non-hydrogen) atoms. The molecule has 0 aliphatic heterocycles. The molecular formula is C30H28F2N2O5. The number of halogens is 2. The van der Waals surface area contributed by atoms with E-state index in [0.29, 0.717) is 23.2 Å². The van der Waals surface area contributed by atoms with Crippen molar-refractivity contribution in [3.63, 3.8) is 0 Å². The number of hydrogen-bond acceptors (Lipinski definition) is 5.